The van der Waals surface area contributed by atoms with E-state index in [-0.39, 0.29) is 0 Å². The van der Waals surface area contributed by atoms with Crippen LogP contribution in [-0.4, -0.2) is 35.1 Å². The van der Waals surface area contributed by atoms with E-state index in [4.69, 9.17) is 5.11 Å². The molecule has 0 aromatic carbocycles. The van der Waals surface area contributed by atoms with Crippen LogP contribution >= 0.6 is 0 Å². The minimum Gasteiger partial charge on any atom is -0.481 e. The number of hydrogen-bond acceptors (Lipinski definition) is 2. The Kier molecular flexibility index (Phi) is 37.4. The summed E-state index contributed by atoms with van der Waals surface area (Å²) in [6.07, 6.45) is 47.5. The molecule has 0 fully saturated rings. The summed E-state index contributed by atoms with van der Waals surface area (Å²) in [6.45, 7) is 9.33. The number of hydrogen-bond donors (Lipinski definition) is 1. The van der Waals surface area contributed by atoms with Gasteiger partial charge in [-0.05, 0) is 45.7 Å². The Balaban J connectivity index is 3.81. The van der Waals surface area contributed by atoms with Gasteiger partial charge in [-0.25, -0.2) is 0 Å². The fourth-order valence-electron chi connectivity index (χ4n) is 7.01. The number of unbranched alkanes of at least 4 members (excludes halogenated alkanes) is 30. The lowest BCUT2D eigenvalue weighted by atomic mass is 10.0. The third-order valence-electron chi connectivity index (χ3n) is 10.2. The van der Waals surface area contributed by atoms with E-state index in [0.29, 0.717) is 12.5 Å². The van der Waals surface area contributed by atoms with E-state index in [2.05, 4.69) is 25.7 Å². The highest BCUT2D eigenvalue weighted by molar-refractivity contribution is 5.66. The van der Waals surface area contributed by atoms with Crippen molar-refractivity contribution in [2.75, 3.05) is 13.1 Å². The molecule has 0 radical (unpaired) electrons. The van der Waals surface area contributed by atoms with Crippen molar-refractivity contribution in [1.29, 1.82) is 0 Å². The number of nitrogens with zero attached hydrogens (tertiary/aromatic N) is 1. The predicted octanol–water partition coefficient (Wildman–Crippen LogP) is 14.5. The molecule has 1 atom stereocenters. The van der Waals surface area contributed by atoms with Crippen LogP contribution in [0.2, 0.25) is 0 Å². The smallest absolute Gasteiger partial charge is 0.303 e. The SMILES string of the molecule is CCCCCCCCCCCCCCCCCCN(CCCCCCCCCCCCCCCCCC)C(C)CCCC(=O)O. The zero-order valence-electron chi connectivity index (χ0n) is 31.5. The molecule has 3 heteroatoms. The number of carboxylic acid groups (broad SMARTS) is 1. The van der Waals surface area contributed by atoms with Crippen LogP contribution in [0.4, 0.5) is 0 Å². The van der Waals surface area contributed by atoms with Gasteiger partial charge in [-0.2, -0.15) is 0 Å². The van der Waals surface area contributed by atoms with Gasteiger partial charge in [0.1, 0.15) is 0 Å². The van der Waals surface area contributed by atoms with Crippen molar-refractivity contribution in [1.82, 2.24) is 4.90 Å². The monoisotopic (exact) mass is 636 g/mol. The standard InChI is InChI=1S/C42H85NO2/c1-4-6-8-10-12-14-16-18-20-22-24-26-28-30-32-34-39-43(41(3)37-36-38-42(44)45)40-35-33-31-29-27-25-23-21-19-17-15-13-11-9-7-5-2/h41H,4-40H2,1-3H3,(H,44,45). The highest BCUT2D eigenvalue weighted by Crippen LogP contribution is 2.17. The van der Waals surface area contributed by atoms with Crippen molar-refractivity contribution < 1.29 is 9.90 Å². The van der Waals surface area contributed by atoms with E-state index in [1.54, 1.807) is 0 Å². The maximum Gasteiger partial charge on any atom is 0.303 e. The summed E-state index contributed by atoms with van der Waals surface area (Å²) in [5, 5.41) is 9.07. The zero-order chi connectivity index (χ0) is 32.9. The van der Waals surface area contributed by atoms with Crippen molar-refractivity contribution in [3.8, 4) is 0 Å². The highest BCUT2D eigenvalue weighted by atomic mass is 16.4. The molecule has 0 aromatic heterocycles. The molecule has 270 valence electrons. The molecule has 0 aliphatic carbocycles. The Morgan fingerprint density at radius 1 is 0.422 bits per heavy atom. The van der Waals surface area contributed by atoms with Gasteiger partial charge >= 0.3 is 5.97 Å². The van der Waals surface area contributed by atoms with Crippen LogP contribution in [-0.2, 0) is 4.79 Å². The quantitative estimate of drug-likeness (QED) is 0.0683. The minimum absolute atomic E-state index is 0.316. The van der Waals surface area contributed by atoms with E-state index >= 15 is 0 Å². The number of carboxylic acids is 1. The van der Waals surface area contributed by atoms with Crippen LogP contribution in [0.15, 0.2) is 0 Å². The molecule has 45 heavy (non-hydrogen) atoms. The molecule has 0 rings (SSSR count). The van der Waals surface area contributed by atoms with E-state index < -0.39 is 5.97 Å². The predicted molar refractivity (Wildman–Crippen MR) is 202 cm³/mol. The molecular weight excluding hydrogens is 550 g/mol. The molecule has 1 N–H and O–H groups in total. The second kappa shape index (κ2) is 37.9. The third kappa shape index (κ3) is 36.1. The first-order valence-electron chi connectivity index (χ1n) is 21.1. The third-order valence-corrected chi connectivity index (χ3v) is 10.2. The summed E-state index contributed by atoms with van der Waals surface area (Å²) in [7, 11) is 0. The molecule has 0 saturated heterocycles. The van der Waals surface area contributed by atoms with E-state index in [1.165, 1.54) is 219 Å². The van der Waals surface area contributed by atoms with Crippen LogP contribution in [0.3, 0.4) is 0 Å². The van der Waals surface area contributed by atoms with Crippen LogP contribution in [0.1, 0.15) is 245 Å². The first-order chi connectivity index (χ1) is 22.1. The van der Waals surface area contributed by atoms with Crippen molar-refractivity contribution >= 4 is 5.97 Å². The largest absolute Gasteiger partial charge is 0.481 e. The topological polar surface area (TPSA) is 40.5 Å². The average molecular weight is 636 g/mol. The second-order valence-corrected chi connectivity index (χ2v) is 14.8. The molecule has 0 saturated carbocycles. The van der Waals surface area contributed by atoms with E-state index in [9.17, 15) is 4.79 Å². The molecule has 0 amide bonds. The first-order valence-corrected chi connectivity index (χ1v) is 21.1. The van der Waals surface area contributed by atoms with Gasteiger partial charge in [0.15, 0.2) is 0 Å². The maximum absolute atomic E-state index is 11.0. The lowest BCUT2D eigenvalue weighted by molar-refractivity contribution is -0.137. The van der Waals surface area contributed by atoms with Gasteiger partial charge in [0.2, 0.25) is 0 Å². The minimum atomic E-state index is -0.649. The van der Waals surface area contributed by atoms with Gasteiger partial charge < -0.3 is 10.0 Å². The van der Waals surface area contributed by atoms with Crippen LogP contribution in [0.25, 0.3) is 0 Å². The molecule has 1 unspecified atom stereocenters. The molecule has 0 aliphatic heterocycles. The lowest BCUT2D eigenvalue weighted by Crippen LogP contribution is -2.35. The van der Waals surface area contributed by atoms with Crippen molar-refractivity contribution in [2.24, 2.45) is 0 Å². The maximum atomic E-state index is 11.0. The van der Waals surface area contributed by atoms with E-state index in [0.717, 1.165) is 12.8 Å². The number of carbonyl (C=O) groups is 1. The fourth-order valence-corrected chi connectivity index (χ4v) is 7.01. The summed E-state index contributed by atoms with van der Waals surface area (Å²) < 4.78 is 0. The lowest BCUT2D eigenvalue weighted by Gasteiger charge is -2.29. The van der Waals surface area contributed by atoms with E-state index in [1.807, 2.05) is 0 Å². The Hall–Kier alpha value is -0.570. The first kappa shape index (κ1) is 44.4. The molecule has 0 bridgehead atoms. The van der Waals surface area contributed by atoms with Gasteiger partial charge in [-0.3, -0.25) is 4.79 Å². The van der Waals surface area contributed by atoms with Crippen molar-refractivity contribution in [3.63, 3.8) is 0 Å². The van der Waals surface area contributed by atoms with Gasteiger partial charge in [0.25, 0.3) is 0 Å². The van der Waals surface area contributed by atoms with Gasteiger partial charge in [0, 0.05) is 12.5 Å². The zero-order valence-corrected chi connectivity index (χ0v) is 31.5. The van der Waals surface area contributed by atoms with Gasteiger partial charge in [0.05, 0.1) is 0 Å². The molecule has 0 aliphatic rings. The van der Waals surface area contributed by atoms with Gasteiger partial charge in [-0.1, -0.05) is 206 Å². The van der Waals surface area contributed by atoms with Crippen LogP contribution < -0.4 is 0 Å². The van der Waals surface area contributed by atoms with Crippen molar-refractivity contribution in [2.45, 2.75) is 252 Å². The molecule has 0 heterocycles. The molecular formula is C42H85NO2. The highest BCUT2D eigenvalue weighted by Gasteiger charge is 2.14. The number of rotatable bonds is 39. The molecule has 3 nitrogen and oxygen atoms in total. The number of aliphatic carboxylic acids is 1. The van der Waals surface area contributed by atoms with Crippen LogP contribution in [0.5, 0.6) is 0 Å². The summed E-state index contributed by atoms with van der Waals surface area (Å²) in [5.74, 6) is -0.649. The molecule has 0 spiro atoms. The Labute approximate surface area is 284 Å². The van der Waals surface area contributed by atoms with Gasteiger partial charge in [-0.15, -0.1) is 0 Å². The fraction of sp³-hybridized carbons (Fsp3) is 0.976. The average Bonchev–Trinajstić information content (AvgIpc) is 3.03. The second-order valence-electron chi connectivity index (χ2n) is 14.8. The molecule has 0 aromatic rings. The summed E-state index contributed by atoms with van der Waals surface area (Å²) in [4.78, 5) is 13.7. The van der Waals surface area contributed by atoms with Crippen molar-refractivity contribution in [3.05, 3.63) is 0 Å². The van der Waals surface area contributed by atoms with Crippen LogP contribution in [0, 0.1) is 0 Å². The summed E-state index contributed by atoms with van der Waals surface area (Å²) in [6, 6.07) is 0.511. The normalized spacial score (nSPS) is 12.4. The Morgan fingerprint density at radius 2 is 0.667 bits per heavy atom. The Bertz CT molecular complexity index is 529. The summed E-state index contributed by atoms with van der Waals surface area (Å²) >= 11 is 0. The Morgan fingerprint density at radius 3 is 0.911 bits per heavy atom. The summed E-state index contributed by atoms with van der Waals surface area (Å²) in [5.41, 5.74) is 0.